The Bertz CT molecular complexity index is 740. The molecule has 1 aromatic carbocycles. The van der Waals surface area contributed by atoms with Crippen LogP contribution in [-0.2, 0) is 9.59 Å². The van der Waals surface area contributed by atoms with Crippen LogP contribution in [0.25, 0.3) is 0 Å². The second kappa shape index (κ2) is 13.5. The Morgan fingerprint density at radius 1 is 0.625 bits per heavy atom. The molecule has 1 saturated carbocycles. The number of carbonyl (C=O) groups excluding carboxylic acids is 2. The Hall–Kier alpha value is -1.99. The van der Waals surface area contributed by atoms with Crippen LogP contribution in [0, 0.1) is 35.0 Å². The maximum absolute atomic E-state index is 13.6. The highest BCUT2D eigenvalue weighted by molar-refractivity contribution is 5.80. The lowest BCUT2D eigenvalue weighted by Gasteiger charge is -2.15. The van der Waals surface area contributed by atoms with Gasteiger partial charge in [0.25, 0.3) is 0 Å². The zero-order valence-electron chi connectivity index (χ0n) is 18.3. The summed E-state index contributed by atoms with van der Waals surface area (Å²) in [6.45, 7) is 0. The first-order valence-electron chi connectivity index (χ1n) is 11.6. The first-order chi connectivity index (χ1) is 15.3. The number of halogens is 5. The molecule has 0 amide bonds. The third kappa shape index (κ3) is 7.85. The molecular weight excluding hydrogens is 431 g/mol. The molecule has 32 heavy (non-hydrogen) atoms. The summed E-state index contributed by atoms with van der Waals surface area (Å²) in [6, 6.07) is 0. The van der Waals surface area contributed by atoms with Gasteiger partial charge in [0, 0.05) is 18.8 Å². The molecule has 180 valence electrons. The van der Waals surface area contributed by atoms with Gasteiger partial charge in [-0.3, -0.25) is 9.59 Å². The smallest absolute Gasteiger partial charge is 0.311 e. The SMILES string of the molecule is O=C(CCCCCC(=O)C1CCCCCCCCCC1)Oc1c(F)c(F)c(F)c(F)c1F. The number of ether oxygens (including phenoxy) is 1. The van der Waals surface area contributed by atoms with Crippen LogP contribution in [0.15, 0.2) is 0 Å². The van der Waals surface area contributed by atoms with E-state index in [2.05, 4.69) is 4.74 Å². The van der Waals surface area contributed by atoms with E-state index in [9.17, 15) is 31.5 Å². The predicted molar refractivity (Wildman–Crippen MR) is 110 cm³/mol. The maximum atomic E-state index is 13.6. The minimum Gasteiger partial charge on any atom is -0.420 e. The number of benzene rings is 1. The molecule has 0 aliphatic heterocycles. The molecule has 8 heteroatoms. The second-order valence-corrected chi connectivity index (χ2v) is 8.50. The Morgan fingerprint density at radius 2 is 1.06 bits per heavy atom. The highest BCUT2D eigenvalue weighted by atomic mass is 19.2. The van der Waals surface area contributed by atoms with E-state index in [4.69, 9.17) is 0 Å². The van der Waals surface area contributed by atoms with Gasteiger partial charge >= 0.3 is 5.97 Å². The average molecular weight is 462 g/mol. The summed E-state index contributed by atoms with van der Waals surface area (Å²) in [5.74, 6) is -13.3. The van der Waals surface area contributed by atoms with Crippen molar-refractivity contribution in [1.29, 1.82) is 0 Å². The molecule has 0 spiro atoms. The Kier molecular flexibility index (Phi) is 11.1. The number of hydrogen-bond acceptors (Lipinski definition) is 3. The molecule has 0 unspecified atom stereocenters. The molecule has 0 saturated heterocycles. The second-order valence-electron chi connectivity index (χ2n) is 8.50. The fourth-order valence-corrected chi connectivity index (χ4v) is 4.10. The molecule has 0 heterocycles. The van der Waals surface area contributed by atoms with Crippen LogP contribution in [0.3, 0.4) is 0 Å². The number of unbranched alkanes of at least 4 members (excludes halogenated alkanes) is 2. The van der Waals surface area contributed by atoms with Crippen molar-refractivity contribution < 1.29 is 36.3 Å². The Morgan fingerprint density at radius 3 is 1.59 bits per heavy atom. The van der Waals surface area contributed by atoms with E-state index < -0.39 is 40.8 Å². The Balaban J connectivity index is 1.73. The lowest BCUT2D eigenvalue weighted by atomic mass is 9.89. The van der Waals surface area contributed by atoms with E-state index in [-0.39, 0.29) is 24.5 Å². The summed E-state index contributed by atoms with van der Waals surface area (Å²) in [7, 11) is 0. The van der Waals surface area contributed by atoms with Gasteiger partial charge in [0.1, 0.15) is 5.78 Å². The number of rotatable bonds is 8. The van der Waals surface area contributed by atoms with E-state index in [1.807, 2.05) is 0 Å². The number of esters is 1. The number of ketones is 1. The van der Waals surface area contributed by atoms with Gasteiger partial charge in [-0.05, 0) is 25.7 Å². The number of carbonyl (C=O) groups is 2. The van der Waals surface area contributed by atoms with E-state index in [1.54, 1.807) is 0 Å². The molecule has 0 N–H and O–H groups in total. The lowest BCUT2D eigenvalue weighted by Crippen LogP contribution is -2.15. The van der Waals surface area contributed by atoms with Crippen molar-refractivity contribution in [3.63, 3.8) is 0 Å². The summed E-state index contributed by atoms with van der Waals surface area (Å²) < 4.78 is 70.8. The molecule has 1 aliphatic rings. The molecule has 3 nitrogen and oxygen atoms in total. The van der Waals surface area contributed by atoms with Gasteiger partial charge < -0.3 is 4.74 Å². The summed E-state index contributed by atoms with van der Waals surface area (Å²) in [6.07, 6.45) is 12.8. The van der Waals surface area contributed by atoms with Crippen LogP contribution in [0.4, 0.5) is 22.0 Å². The van der Waals surface area contributed by atoms with Crippen LogP contribution in [0.5, 0.6) is 5.75 Å². The van der Waals surface area contributed by atoms with Crippen LogP contribution < -0.4 is 4.74 Å². The van der Waals surface area contributed by atoms with Crippen molar-refractivity contribution in [2.75, 3.05) is 0 Å². The minimum atomic E-state index is -2.31. The standard InChI is InChI=1S/C24H31F5O3/c25-19-20(26)22(28)24(23(29)21(19)27)32-18(31)15-11-7-10-14-17(30)16-12-8-5-3-1-2-4-6-9-13-16/h16H,1-15H2. The highest BCUT2D eigenvalue weighted by Crippen LogP contribution is 2.29. The summed E-state index contributed by atoms with van der Waals surface area (Å²) in [5, 5.41) is 0. The average Bonchev–Trinajstić information content (AvgIpc) is 2.84. The fourth-order valence-electron chi connectivity index (χ4n) is 4.10. The van der Waals surface area contributed by atoms with Crippen LogP contribution in [0.1, 0.15) is 96.3 Å². The molecule has 0 atom stereocenters. The van der Waals surface area contributed by atoms with Crippen LogP contribution >= 0.6 is 0 Å². The van der Waals surface area contributed by atoms with E-state index in [0.717, 1.165) is 38.5 Å². The van der Waals surface area contributed by atoms with Gasteiger partial charge in [-0.2, -0.15) is 8.78 Å². The van der Waals surface area contributed by atoms with Crippen molar-refractivity contribution in [1.82, 2.24) is 0 Å². The Labute approximate surface area is 185 Å². The monoisotopic (exact) mass is 462 g/mol. The molecule has 0 bridgehead atoms. The van der Waals surface area contributed by atoms with Gasteiger partial charge in [0.15, 0.2) is 0 Å². The first-order valence-corrected chi connectivity index (χ1v) is 11.6. The molecule has 0 radical (unpaired) electrons. The van der Waals surface area contributed by atoms with Gasteiger partial charge in [-0.25, -0.2) is 13.2 Å². The number of Topliss-reactive ketones (excluding diaryl/α,β-unsaturated/α-hetero) is 1. The zero-order valence-corrected chi connectivity index (χ0v) is 18.3. The van der Waals surface area contributed by atoms with Gasteiger partial charge in [-0.15, -0.1) is 0 Å². The third-order valence-electron chi connectivity index (χ3n) is 6.00. The van der Waals surface area contributed by atoms with E-state index in [0.29, 0.717) is 19.3 Å². The van der Waals surface area contributed by atoms with E-state index >= 15 is 0 Å². The number of hydrogen-bond donors (Lipinski definition) is 0. The van der Waals surface area contributed by atoms with Gasteiger partial charge in [-0.1, -0.05) is 57.8 Å². The summed E-state index contributed by atoms with van der Waals surface area (Å²) >= 11 is 0. The first kappa shape index (κ1) is 26.3. The van der Waals surface area contributed by atoms with Crippen LogP contribution in [-0.4, -0.2) is 11.8 Å². The van der Waals surface area contributed by atoms with Gasteiger partial charge in [0.2, 0.25) is 34.8 Å². The summed E-state index contributed by atoms with van der Waals surface area (Å²) in [5.41, 5.74) is 0. The molecule has 1 aromatic rings. The van der Waals surface area contributed by atoms with Crippen molar-refractivity contribution in [3.8, 4) is 5.75 Å². The highest BCUT2D eigenvalue weighted by Gasteiger charge is 2.28. The van der Waals surface area contributed by atoms with Gasteiger partial charge in [0.05, 0.1) is 0 Å². The molecule has 1 fully saturated rings. The fraction of sp³-hybridized carbons (Fsp3) is 0.667. The van der Waals surface area contributed by atoms with E-state index in [1.165, 1.54) is 25.7 Å². The molecular formula is C24H31F5O3. The largest absolute Gasteiger partial charge is 0.420 e. The molecule has 2 rings (SSSR count). The quantitative estimate of drug-likeness (QED) is 0.101. The van der Waals surface area contributed by atoms with Crippen molar-refractivity contribution in [2.24, 2.45) is 5.92 Å². The van der Waals surface area contributed by atoms with Crippen molar-refractivity contribution >= 4 is 11.8 Å². The van der Waals surface area contributed by atoms with Crippen molar-refractivity contribution in [3.05, 3.63) is 29.1 Å². The molecule has 0 aromatic heterocycles. The topological polar surface area (TPSA) is 43.4 Å². The van der Waals surface area contributed by atoms with Crippen LogP contribution in [0.2, 0.25) is 0 Å². The normalized spacial score (nSPS) is 16.4. The zero-order chi connectivity index (χ0) is 23.5. The maximum Gasteiger partial charge on any atom is 0.311 e. The minimum absolute atomic E-state index is 0.0901. The predicted octanol–water partition coefficient (Wildman–Crippen LogP) is 7.34. The third-order valence-corrected chi connectivity index (χ3v) is 6.00. The molecule has 1 aliphatic carbocycles. The lowest BCUT2D eigenvalue weighted by molar-refractivity contribution is -0.135. The van der Waals surface area contributed by atoms with Crippen molar-refractivity contribution in [2.45, 2.75) is 96.3 Å². The summed E-state index contributed by atoms with van der Waals surface area (Å²) in [4.78, 5) is 24.3.